The number of hydrogen-bond acceptors (Lipinski definition) is 2. The maximum Gasteiger partial charge on any atom is 0.174 e. The molecule has 2 aromatic carbocycles. The highest BCUT2D eigenvalue weighted by molar-refractivity contribution is 7.80. The van der Waals surface area contributed by atoms with Gasteiger partial charge in [0.2, 0.25) is 0 Å². The molecule has 0 spiro atoms. The number of hydrogen-bond donors (Lipinski definition) is 1. The van der Waals surface area contributed by atoms with Crippen LogP contribution in [0.2, 0.25) is 0 Å². The number of pyridine rings is 1. The van der Waals surface area contributed by atoms with Crippen molar-refractivity contribution in [3.63, 3.8) is 0 Å². The number of para-hydroxylation sites is 1. The van der Waals surface area contributed by atoms with E-state index in [1.165, 1.54) is 33.8 Å². The predicted molar refractivity (Wildman–Crippen MR) is 144 cm³/mol. The number of thiocarbonyl (C=S) groups is 1. The van der Waals surface area contributed by atoms with Crippen LogP contribution < -0.4 is 10.2 Å². The van der Waals surface area contributed by atoms with Crippen LogP contribution in [0.15, 0.2) is 79.0 Å². The SMILES string of the molecule is CCc1ccc(N2C(=S)N[C@@H](c3ccccn3)[C@H]2c2c(C)c(C)n(-c3ccccc3)c2C)cc1. The molecule has 1 N–H and O–H groups in total. The Labute approximate surface area is 207 Å². The summed E-state index contributed by atoms with van der Waals surface area (Å²) in [5.41, 5.74) is 9.64. The van der Waals surface area contributed by atoms with E-state index in [4.69, 9.17) is 17.2 Å². The lowest BCUT2D eigenvalue weighted by atomic mass is 9.93. The fourth-order valence-electron chi connectivity index (χ4n) is 5.22. The lowest BCUT2D eigenvalue weighted by Gasteiger charge is -2.29. The molecule has 2 aromatic heterocycles. The van der Waals surface area contributed by atoms with E-state index in [2.05, 4.69) is 103 Å². The minimum Gasteiger partial charge on any atom is -0.351 e. The van der Waals surface area contributed by atoms with Gasteiger partial charge in [-0.1, -0.05) is 43.3 Å². The van der Waals surface area contributed by atoms with E-state index < -0.39 is 0 Å². The van der Waals surface area contributed by atoms with Gasteiger partial charge in [-0.15, -0.1) is 0 Å². The predicted octanol–water partition coefficient (Wildman–Crippen LogP) is 6.54. The third kappa shape index (κ3) is 3.70. The number of nitrogens with one attached hydrogen (secondary N) is 1. The van der Waals surface area contributed by atoms with Crippen LogP contribution in [-0.4, -0.2) is 14.7 Å². The average molecular weight is 467 g/mol. The first-order valence-corrected chi connectivity index (χ1v) is 12.3. The summed E-state index contributed by atoms with van der Waals surface area (Å²) in [6.07, 6.45) is 2.87. The van der Waals surface area contributed by atoms with Gasteiger partial charge in [0, 0.05) is 34.5 Å². The molecule has 1 fully saturated rings. The minimum absolute atomic E-state index is 0.0152. The van der Waals surface area contributed by atoms with Gasteiger partial charge in [-0.3, -0.25) is 4.98 Å². The van der Waals surface area contributed by atoms with Crippen molar-refractivity contribution >= 4 is 23.0 Å². The smallest absolute Gasteiger partial charge is 0.174 e. The first-order chi connectivity index (χ1) is 16.5. The van der Waals surface area contributed by atoms with Crippen LogP contribution in [0.5, 0.6) is 0 Å². The summed E-state index contributed by atoms with van der Waals surface area (Å²) in [5, 5.41) is 4.33. The summed E-state index contributed by atoms with van der Waals surface area (Å²) in [6.45, 7) is 8.83. The third-order valence-electron chi connectivity index (χ3n) is 7.04. The van der Waals surface area contributed by atoms with Gasteiger partial charge in [0.15, 0.2) is 5.11 Å². The summed E-state index contributed by atoms with van der Waals surface area (Å²) >= 11 is 5.94. The number of rotatable bonds is 5. The van der Waals surface area contributed by atoms with Crippen molar-refractivity contribution in [3.05, 3.63) is 113 Å². The molecule has 1 aliphatic rings. The summed E-state index contributed by atoms with van der Waals surface area (Å²) in [5.74, 6) is 0. The van der Waals surface area contributed by atoms with Gasteiger partial charge in [0.05, 0.1) is 17.8 Å². The van der Waals surface area contributed by atoms with Crippen molar-refractivity contribution in [2.75, 3.05) is 4.90 Å². The summed E-state index contributed by atoms with van der Waals surface area (Å²) in [4.78, 5) is 6.99. The molecule has 3 heterocycles. The summed E-state index contributed by atoms with van der Waals surface area (Å²) < 4.78 is 2.36. The number of anilines is 1. The van der Waals surface area contributed by atoms with Gasteiger partial charge in [-0.25, -0.2) is 0 Å². The second kappa shape index (κ2) is 9.07. The summed E-state index contributed by atoms with van der Waals surface area (Å²) in [6, 6.07) is 25.4. The second-order valence-electron chi connectivity index (χ2n) is 8.90. The Kier molecular flexibility index (Phi) is 5.96. The summed E-state index contributed by atoms with van der Waals surface area (Å²) in [7, 11) is 0. The highest BCUT2D eigenvalue weighted by atomic mass is 32.1. The Balaban J connectivity index is 1.71. The van der Waals surface area contributed by atoms with Crippen LogP contribution in [0, 0.1) is 20.8 Å². The van der Waals surface area contributed by atoms with E-state index in [0.29, 0.717) is 0 Å². The molecule has 0 bridgehead atoms. The highest BCUT2D eigenvalue weighted by Crippen LogP contribution is 2.45. The molecule has 4 aromatic rings. The zero-order chi connectivity index (χ0) is 23.8. The van der Waals surface area contributed by atoms with Gasteiger partial charge in [0.1, 0.15) is 0 Å². The normalized spacial score (nSPS) is 17.8. The van der Waals surface area contributed by atoms with E-state index in [1.54, 1.807) is 0 Å². The second-order valence-corrected chi connectivity index (χ2v) is 9.28. The molecule has 1 saturated heterocycles. The van der Waals surface area contributed by atoms with Gasteiger partial charge < -0.3 is 14.8 Å². The Morgan fingerprint density at radius 2 is 1.56 bits per heavy atom. The molecule has 2 atom stereocenters. The number of nitrogens with zero attached hydrogens (tertiary/aromatic N) is 3. The fourth-order valence-corrected chi connectivity index (χ4v) is 5.57. The maximum absolute atomic E-state index is 5.94. The maximum atomic E-state index is 5.94. The van der Waals surface area contributed by atoms with Gasteiger partial charge in [-0.05, 0) is 86.9 Å². The first-order valence-electron chi connectivity index (χ1n) is 11.8. The average Bonchev–Trinajstić information content (AvgIpc) is 3.32. The van der Waals surface area contributed by atoms with Gasteiger partial charge in [0.25, 0.3) is 0 Å². The van der Waals surface area contributed by atoms with Crippen LogP contribution in [-0.2, 0) is 6.42 Å². The van der Waals surface area contributed by atoms with Crippen molar-refractivity contribution in [1.82, 2.24) is 14.9 Å². The van der Waals surface area contributed by atoms with E-state index in [1.807, 2.05) is 18.3 Å². The van der Waals surface area contributed by atoms with Crippen LogP contribution >= 0.6 is 12.2 Å². The van der Waals surface area contributed by atoms with Crippen molar-refractivity contribution < 1.29 is 0 Å². The minimum atomic E-state index is -0.0528. The molecule has 4 nitrogen and oxygen atoms in total. The topological polar surface area (TPSA) is 33.1 Å². The van der Waals surface area contributed by atoms with Crippen molar-refractivity contribution in [3.8, 4) is 5.69 Å². The van der Waals surface area contributed by atoms with E-state index in [9.17, 15) is 0 Å². The molecule has 0 aliphatic carbocycles. The first kappa shape index (κ1) is 22.4. The molecule has 0 radical (unpaired) electrons. The van der Waals surface area contributed by atoms with Crippen molar-refractivity contribution in [2.24, 2.45) is 0 Å². The molecule has 0 unspecified atom stereocenters. The molecule has 172 valence electrons. The molecule has 0 saturated carbocycles. The Morgan fingerprint density at radius 1 is 0.853 bits per heavy atom. The highest BCUT2D eigenvalue weighted by Gasteiger charge is 2.43. The molecular weight excluding hydrogens is 436 g/mol. The molecular formula is C29H30N4S. The molecule has 5 rings (SSSR count). The van der Waals surface area contributed by atoms with Crippen LogP contribution in [0.4, 0.5) is 5.69 Å². The van der Waals surface area contributed by atoms with Crippen LogP contribution in [0.3, 0.4) is 0 Å². The number of aryl methyl sites for hydroxylation is 1. The van der Waals surface area contributed by atoms with Crippen LogP contribution in [0.1, 0.15) is 52.8 Å². The fraction of sp³-hybridized carbons (Fsp3) is 0.241. The number of benzene rings is 2. The Bertz CT molecular complexity index is 1310. The van der Waals surface area contributed by atoms with Crippen molar-refractivity contribution in [1.29, 1.82) is 0 Å². The van der Waals surface area contributed by atoms with Crippen LogP contribution in [0.25, 0.3) is 5.69 Å². The zero-order valence-electron chi connectivity index (χ0n) is 20.1. The lowest BCUT2D eigenvalue weighted by Crippen LogP contribution is -2.29. The molecule has 1 aliphatic heterocycles. The number of aromatic nitrogens is 2. The largest absolute Gasteiger partial charge is 0.351 e. The molecule has 34 heavy (non-hydrogen) atoms. The van der Waals surface area contributed by atoms with E-state index >= 15 is 0 Å². The Hall–Kier alpha value is -3.44. The van der Waals surface area contributed by atoms with Gasteiger partial charge in [-0.2, -0.15) is 0 Å². The molecule has 0 amide bonds. The lowest BCUT2D eigenvalue weighted by molar-refractivity contribution is 0.563. The zero-order valence-corrected chi connectivity index (χ0v) is 20.9. The molecule has 5 heteroatoms. The van der Waals surface area contributed by atoms with E-state index in [0.717, 1.165) is 22.9 Å². The van der Waals surface area contributed by atoms with Crippen molar-refractivity contribution in [2.45, 2.75) is 46.2 Å². The Morgan fingerprint density at radius 3 is 2.21 bits per heavy atom. The quantitative estimate of drug-likeness (QED) is 0.339. The third-order valence-corrected chi connectivity index (χ3v) is 7.35. The van der Waals surface area contributed by atoms with Gasteiger partial charge >= 0.3 is 0 Å². The monoisotopic (exact) mass is 466 g/mol. The standard InChI is InChI=1S/C29H30N4S/c1-5-22-14-16-24(17-15-22)33-28(27(31-29(33)34)25-13-9-10-18-30-25)26-19(2)20(3)32(21(26)4)23-11-7-6-8-12-23/h6-18,27-28H,5H2,1-4H3,(H,31,34)/t27-,28+/m0/s1. The van der Waals surface area contributed by atoms with E-state index in [-0.39, 0.29) is 12.1 Å².